The normalized spacial score (nSPS) is 21.5. The fourth-order valence-corrected chi connectivity index (χ4v) is 3.58. The third-order valence-corrected chi connectivity index (χ3v) is 5.15. The SMILES string of the molecule is C=CC(=O)NC1CCOc2c1ccc(OCC1CCC(F)(F)CC1)c2OC. The van der Waals surface area contributed by atoms with Crippen LogP contribution in [0.25, 0.3) is 0 Å². The fraction of sp³-hybridized carbons (Fsp3) is 0.550. The second-order valence-corrected chi connectivity index (χ2v) is 7.03. The van der Waals surface area contributed by atoms with Crippen molar-refractivity contribution in [3.8, 4) is 17.2 Å². The average molecular weight is 381 g/mol. The lowest BCUT2D eigenvalue weighted by Crippen LogP contribution is -2.31. The van der Waals surface area contributed by atoms with Crippen molar-refractivity contribution in [2.45, 2.75) is 44.1 Å². The molecule has 1 aliphatic carbocycles. The number of nitrogens with one attached hydrogen (secondary N) is 1. The van der Waals surface area contributed by atoms with Crippen molar-refractivity contribution in [3.63, 3.8) is 0 Å². The van der Waals surface area contributed by atoms with Crippen LogP contribution in [0.15, 0.2) is 24.8 Å². The standard InChI is InChI=1S/C20H25F2NO4/c1-3-17(24)23-15-8-11-26-18-14(15)4-5-16(19(18)25-2)27-12-13-6-9-20(21,22)10-7-13/h3-5,13,15H,1,6-12H2,2H3,(H,23,24). The smallest absolute Gasteiger partial charge is 0.248 e. The second kappa shape index (κ2) is 8.15. The molecule has 0 saturated heterocycles. The Morgan fingerprint density at radius 1 is 1.37 bits per heavy atom. The van der Waals surface area contributed by atoms with E-state index in [0.717, 1.165) is 5.56 Å². The van der Waals surface area contributed by atoms with Crippen LogP contribution in [-0.2, 0) is 4.79 Å². The van der Waals surface area contributed by atoms with Crippen LogP contribution in [0.5, 0.6) is 17.2 Å². The Kier molecular flexibility index (Phi) is 5.87. The van der Waals surface area contributed by atoms with Crippen molar-refractivity contribution >= 4 is 5.91 Å². The Labute approximate surface area is 157 Å². The van der Waals surface area contributed by atoms with E-state index >= 15 is 0 Å². The molecule has 5 nitrogen and oxygen atoms in total. The number of hydrogen-bond donors (Lipinski definition) is 1. The van der Waals surface area contributed by atoms with E-state index < -0.39 is 5.92 Å². The van der Waals surface area contributed by atoms with Crippen molar-refractivity contribution in [3.05, 3.63) is 30.4 Å². The number of alkyl halides is 2. The molecular weight excluding hydrogens is 356 g/mol. The van der Waals surface area contributed by atoms with Crippen molar-refractivity contribution < 1.29 is 27.8 Å². The number of benzene rings is 1. The first-order valence-corrected chi connectivity index (χ1v) is 9.21. The lowest BCUT2D eigenvalue weighted by atomic mass is 9.87. The molecule has 0 spiro atoms. The predicted molar refractivity (Wildman–Crippen MR) is 96.6 cm³/mol. The molecule has 1 N–H and O–H groups in total. The molecule has 1 saturated carbocycles. The van der Waals surface area contributed by atoms with E-state index in [0.29, 0.717) is 49.7 Å². The summed E-state index contributed by atoms with van der Waals surface area (Å²) in [4.78, 5) is 11.7. The molecule has 1 heterocycles. The number of methoxy groups -OCH3 is 1. The lowest BCUT2D eigenvalue weighted by Gasteiger charge is -2.30. The molecule has 1 amide bonds. The summed E-state index contributed by atoms with van der Waals surface area (Å²) in [5, 5.41) is 2.88. The molecule has 0 radical (unpaired) electrons. The molecule has 1 aromatic carbocycles. The van der Waals surface area contributed by atoms with E-state index in [4.69, 9.17) is 14.2 Å². The molecule has 148 valence electrons. The van der Waals surface area contributed by atoms with Crippen LogP contribution in [0.1, 0.15) is 43.7 Å². The van der Waals surface area contributed by atoms with Gasteiger partial charge in [-0.1, -0.05) is 6.58 Å². The summed E-state index contributed by atoms with van der Waals surface area (Å²) in [6.45, 7) is 4.27. The zero-order valence-corrected chi connectivity index (χ0v) is 15.4. The number of carbonyl (C=O) groups excluding carboxylic acids is 1. The topological polar surface area (TPSA) is 56.8 Å². The Morgan fingerprint density at radius 3 is 2.78 bits per heavy atom. The largest absolute Gasteiger partial charge is 0.490 e. The van der Waals surface area contributed by atoms with Crippen molar-refractivity contribution in [1.82, 2.24) is 5.32 Å². The molecule has 1 aliphatic heterocycles. The monoisotopic (exact) mass is 381 g/mol. The van der Waals surface area contributed by atoms with Gasteiger partial charge >= 0.3 is 0 Å². The highest BCUT2D eigenvalue weighted by Crippen LogP contribution is 2.45. The van der Waals surface area contributed by atoms with E-state index in [1.165, 1.54) is 13.2 Å². The number of fused-ring (bicyclic) bond motifs is 1. The van der Waals surface area contributed by atoms with Crippen molar-refractivity contribution in [1.29, 1.82) is 0 Å². The minimum Gasteiger partial charge on any atom is -0.490 e. The predicted octanol–water partition coefficient (Wildman–Crippen LogP) is 4.03. The average Bonchev–Trinajstić information content (AvgIpc) is 2.66. The van der Waals surface area contributed by atoms with E-state index in [-0.39, 0.29) is 30.7 Å². The third-order valence-electron chi connectivity index (χ3n) is 5.15. The van der Waals surface area contributed by atoms with Gasteiger partial charge in [-0.15, -0.1) is 0 Å². The number of carbonyl (C=O) groups is 1. The van der Waals surface area contributed by atoms with Crippen LogP contribution in [0.2, 0.25) is 0 Å². The van der Waals surface area contributed by atoms with Crippen molar-refractivity contribution in [2.24, 2.45) is 5.92 Å². The summed E-state index contributed by atoms with van der Waals surface area (Å²) in [5.41, 5.74) is 0.818. The highest BCUT2D eigenvalue weighted by atomic mass is 19.3. The van der Waals surface area contributed by atoms with Gasteiger partial charge < -0.3 is 19.5 Å². The summed E-state index contributed by atoms with van der Waals surface area (Å²) >= 11 is 0. The Hall–Kier alpha value is -2.31. The molecule has 1 unspecified atom stereocenters. The van der Waals surface area contributed by atoms with Gasteiger partial charge in [-0.05, 0) is 37.0 Å². The molecular formula is C20H25F2NO4. The van der Waals surface area contributed by atoms with E-state index in [9.17, 15) is 13.6 Å². The highest BCUT2D eigenvalue weighted by Gasteiger charge is 2.35. The van der Waals surface area contributed by atoms with Crippen LogP contribution in [-0.4, -0.2) is 32.2 Å². The summed E-state index contributed by atoms with van der Waals surface area (Å²) in [6.07, 6.45) is 2.61. The van der Waals surface area contributed by atoms with E-state index in [2.05, 4.69) is 11.9 Å². The summed E-state index contributed by atoms with van der Waals surface area (Å²) in [7, 11) is 1.53. The fourth-order valence-electron chi connectivity index (χ4n) is 3.58. The van der Waals surface area contributed by atoms with Gasteiger partial charge in [0, 0.05) is 24.8 Å². The Bertz CT molecular complexity index is 697. The maximum Gasteiger partial charge on any atom is 0.248 e. The molecule has 7 heteroatoms. The number of hydrogen-bond acceptors (Lipinski definition) is 4. The molecule has 0 aromatic heterocycles. The van der Waals surface area contributed by atoms with Gasteiger partial charge in [0.15, 0.2) is 11.5 Å². The van der Waals surface area contributed by atoms with Gasteiger partial charge in [0.1, 0.15) is 0 Å². The van der Waals surface area contributed by atoms with Crippen LogP contribution in [0.4, 0.5) is 8.78 Å². The molecule has 2 aliphatic rings. The first kappa shape index (κ1) is 19.5. The molecule has 1 atom stereocenters. The highest BCUT2D eigenvalue weighted by molar-refractivity contribution is 5.87. The zero-order valence-electron chi connectivity index (χ0n) is 15.4. The van der Waals surface area contributed by atoms with Gasteiger partial charge in [-0.3, -0.25) is 4.79 Å². The van der Waals surface area contributed by atoms with E-state index in [1.807, 2.05) is 6.07 Å². The van der Waals surface area contributed by atoms with Gasteiger partial charge in [0.25, 0.3) is 0 Å². The Balaban J connectivity index is 1.72. The van der Waals surface area contributed by atoms with Crippen LogP contribution in [0.3, 0.4) is 0 Å². The first-order valence-electron chi connectivity index (χ1n) is 9.21. The minimum atomic E-state index is -2.54. The van der Waals surface area contributed by atoms with Gasteiger partial charge in [-0.2, -0.15) is 0 Å². The molecule has 27 heavy (non-hydrogen) atoms. The third kappa shape index (κ3) is 4.51. The van der Waals surface area contributed by atoms with Gasteiger partial charge in [-0.25, -0.2) is 8.78 Å². The minimum absolute atomic E-state index is 0.0872. The molecule has 1 fully saturated rings. The maximum absolute atomic E-state index is 13.3. The summed E-state index contributed by atoms with van der Waals surface area (Å²) in [5.74, 6) is -1.16. The quantitative estimate of drug-likeness (QED) is 0.756. The molecule has 0 bridgehead atoms. The van der Waals surface area contributed by atoms with Gasteiger partial charge in [0.05, 0.1) is 26.4 Å². The summed E-state index contributed by atoms with van der Waals surface area (Å²) in [6, 6.07) is 3.43. The summed E-state index contributed by atoms with van der Waals surface area (Å²) < 4.78 is 43.7. The number of rotatable bonds is 6. The van der Waals surface area contributed by atoms with E-state index in [1.54, 1.807) is 6.07 Å². The van der Waals surface area contributed by atoms with Crippen LogP contribution >= 0.6 is 0 Å². The molecule has 3 rings (SSSR count). The maximum atomic E-state index is 13.3. The van der Waals surface area contributed by atoms with Crippen LogP contribution in [0, 0.1) is 5.92 Å². The van der Waals surface area contributed by atoms with Gasteiger partial charge in [0.2, 0.25) is 17.6 Å². The number of amides is 1. The molecule has 1 aromatic rings. The number of ether oxygens (including phenoxy) is 3. The Morgan fingerprint density at radius 2 is 2.11 bits per heavy atom. The zero-order chi connectivity index (χ0) is 19.4. The first-order chi connectivity index (χ1) is 12.9. The van der Waals surface area contributed by atoms with Crippen molar-refractivity contribution in [2.75, 3.05) is 20.3 Å². The lowest BCUT2D eigenvalue weighted by molar-refractivity contribution is -0.117. The number of halogens is 2. The second-order valence-electron chi connectivity index (χ2n) is 7.03. The van der Waals surface area contributed by atoms with Crippen LogP contribution < -0.4 is 19.5 Å².